The number of terminal acetylenes is 1. The lowest BCUT2D eigenvalue weighted by Gasteiger charge is -2.15. The normalized spacial score (nSPS) is 22.4. The molecule has 88 valence electrons. The van der Waals surface area contributed by atoms with Gasteiger partial charge in [-0.25, -0.2) is 4.79 Å². The van der Waals surface area contributed by atoms with Crippen LogP contribution in [0, 0.1) is 18.3 Å². The van der Waals surface area contributed by atoms with Gasteiger partial charge in [-0.2, -0.15) is 0 Å². The highest BCUT2D eigenvalue weighted by Gasteiger charge is 2.29. The topological polar surface area (TPSA) is 69.6 Å². The summed E-state index contributed by atoms with van der Waals surface area (Å²) in [5, 5.41) is 11.3. The second kappa shape index (κ2) is 5.52. The van der Waals surface area contributed by atoms with E-state index in [1.165, 1.54) is 0 Å². The van der Waals surface area contributed by atoms with Gasteiger partial charge >= 0.3 is 5.97 Å². The van der Waals surface area contributed by atoms with Gasteiger partial charge in [0.25, 0.3) is 0 Å². The fraction of sp³-hybridized carbons (Fsp3) is 0.636. The van der Waals surface area contributed by atoms with Crippen LogP contribution >= 0.6 is 0 Å². The Balaban J connectivity index is 2.49. The molecule has 2 atom stereocenters. The summed E-state index contributed by atoms with van der Waals surface area (Å²) >= 11 is 0. The molecule has 0 aromatic carbocycles. The Morgan fingerprint density at radius 1 is 1.69 bits per heavy atom. The molecule has 1 aliphatic heterocycles. The quantitative estimate of drug-likeness (QED) is 0.633. The number of carboxylic acid groups (broad SMARTS) is 1. The maximum absolute atomic E-state index is 11.7. The third-order valence-corrected chi connectivity index (χ3v) is 2.70. The van der Waals surface area contributed by atoms with Crippen LogP contribution in [0.15, 0.2) is 0 Å². The molecule has 5 heteroatoms. The average molecular weight is 224 g/mol. The zero-order valence-electron chi connectivity index (χ0n) is 9.27. The fourth-order valence-corrected chi connectivity index (χ4v) is 1.76. The highest BCUT2D eigenvalue weighted by molar-refractivity contribution is 5.85. The Hall–Kier alpha value is -1.54. The first kappa shape index (κ1) is 12.5. The van der Waals surface area contributed by atoms with E-state index in [0.717, 1.165) is 13.0 Å². The van der Waals surface area contributed by atoms with Crippen molar-refractivity contribution in [2.45, 2.75) is 18.9 Å². The zero-order chi connectivity index (χ0) is 12.1. The number of hydrogen-bond acceptors (Lipinski definition) is 3. The van der Waals surface area contributed by atoms with E-state index in [4.69, 9.17) is 11.5 Å². The first-order valence-electron chi connectivity index (χ1n) is 5.19. The molecule has 5 nitrogen and oxygen atoms in total. The number of likely N-dealkylation sites (tertiary alicyclic amines) is 1. The predicted octanol–water partition coefficient (Wildman–Crippen LogP) is -0.469. The van der Waals surface area contributed by atoms with E-state index in [1.807, 2.05) is 11.9 Å². The number of carbonyl (C=O) groups is 2. The number of nitrogens with zero attached hydrogens (tertiary/aromatic N) is 1. The second-order valence-electron chi connectivity index (χ2n) is 4.06. The van der Waals surface area contributed by atoms with Crippen molar-refractivity contribution in [2.24, 2.45) is 5.92 Å². The van der Waals surface area contributed by atoms with Crippen molar-refractivity contribution in [3.8, 4) is 12.3 Å². The van der Waals surface area contributed by atoms with Crippen molar-refractivity contribution in [3.05, 3.63) is 0 Å². The summed E-state index contributed by atoms with van der Waals surface area (Å²) in [6.45, 7) is 1.54. The van der Waals surface area contributed by atoms with Crippen LogP contribution in [0.5, 0.6) is 0 Å². The van der Waals surface area contributed by atoms with Crippen LogP contribution in [0.1, 0.15) is 12.8 Å². The van der Waals surface area contributed by atoms with Crippen LogP contribution in [0.2, 0.25) is 0 Å². The fourth-order valence-electron chi connectivity index (χ4n) is 1.76. The minimum absolute atomic E-state index is 0.0175. The van der Waals surface area contributed by atoms with Gasteiger partial charge in [0.15, 0.2) is 0 Å². The van der Waals surface area contributed by atoms with E-state index >= 15 is 0 Å². The molecule has 1 amide bonds. The molecule has 0 bridgehead atoms. The smallest absolute Gasteiger partial charge is 0.327 e. The largest absolute Gasteiger partial charge is 0.480 e. The number of nitrogens with one attached hydrogen (secondary N) is 1. The molecule has 1 aliphatic rings. The third-order valence-electron chi connectivity index (χ3n) is 2.70. The Labute approximate surface area is 94.8 Å². The molecule has 0 aromatic heterocycles. The Bertz CT molecular complexity index is 322. The average Bonchev–Trinajstić information content (AvgIpc) is 2.64. The van der Waals surface area contributed by atoms with Gasteiger partial charge in [-0.1, -0.05) is 0 Å². The summed E-state index contributed by atoms with van der Waals surface area (Å²) < 4.78 is 0. The van der Waals surface area contributed by atoms with Gasteiger partial charge in [0.05, 0.1) is 5.92 Å². The van der Waals surface area contributed by atoms with Crippen molar-refractivity contribution in [3.63, 3.8) is 0 Å². The second-order valence-corrected chi connectivity index (χ2v) is 4.06. The van der Waals surface area contributed by atoms with Gasteiger partial charge < -0.3 is 15.3 Å². The zero-order valence-corrected chi connectivity index (χ0v) is 9.27. The van der Waals surface area contributed by atoms with Gasteiger partial charge in [0.1, 0.15) is 6.04 Å². The summed E-state index contributed by atoms with van der Waals surface area (Å²) in [4.78, 5) is 24.5. The van der Waals surface area contributed by atoms with E-state index in [2.05, 4.69) is 11.2 Å². The number of carboxylic acids is 1. The lowest BCUT2D eigenvalue weighted by Crippen LogP contribution is -2.43. The Kier molecular flexibility index (Phi) is 4.32. The highest BCUT2D eigenvalue weighted by Crippen LogP contribution is 2.14. The molecule has 16 heavy (non-hydrogen) atoms. The molecule has 1 heterocycles. The van der Waals surface area contributed by atoms with E-state index in [-0.39, 0.29) is 18.2 Å². The first-order chi connectivity index (χ1) is 7.54. The molecular formula is C11H16N2O3. The predicted molar refractivity (Wildman–Crippen MR) is 58.6 cm³/mol. The van der Waals surface area contributed by atoms with E-state index in [9.17, 15) is 9.59 Å². The first-order valence-corrected chi connectivity index (χ1v) is 5.19. The maximum Gasteiger partial charge on any atom is 0.327 e. The lowest BCUT2D eigenvalue weighted by molar-refractivity contribution is -0.142. The van der Waals surface area contributed by atoms with E-state index in [1.54, 1.807) is 0 Å². The minimum atomic E-state index is -1.09. The molecule has 1 fully saturated rings. The van der Waals surface area contributed by atoms with Gasteiger partial charge in [0.2, 0.25) is 5.91 Å². The number of aliphatic carboxylic acids is 1. The third kappa shape index (κ3) is 3.24. The Morgan fingerprint density at radius 3 is 2.81 bits per heavy atom. The van der Waals surface area contributed by atoms with Gasteiger partial charge in [-0.15, -0.1) is 12.3 Å². The molecule has 2 unspecified atom stereocenters. The van der Waals surface area contributed by atoms with E-state index in [0.29, 0.717) is 6.54 Å². The SMILES string of the molecule is C#CCC(NC(=O)C1CCN(C)C1)C(=O)O. The molecular weight excluding hydrogens is 208 g/mol. The molecule has 2 N–H and O–H groups in total. The molecule has 0 spiro atoms. The van der Waals surface area contributed by atoms with Crippen molar-refractivity contribution >= 4 is 11.9 Å². The maximum atomic E-state index is 11.7. The molecule has 1 saturated heterocycles. The summed E-state index contributed by atoms with van der Waals surface area (Å²) in [7, 11) is 1.93. The van der Waals surface area contributed by atoms with Crippen molar-refractivity contribution in [1.82, 2.24) is 10.2 Å². The van der Waals surface area contributed by atoms with Gasteiger partial charge in [0, 0.05) is 13.0 Å². The van der Waals surface area contributed by atoms with Crippen molar-refractivity contribution in [1.29, 1.82) is 0 Å². The minimum Gasteiger partial charge on any atom is -0.480 e. The monoisotopic (exact) mass is 224 g/mol. The van der Waals surface area contributed by atoms with Crippen LogP contribution in [0.4, 0.5) is 0 Å². The molecule has 0 radical (unpaired) electrons. The number of amides is 1. The molecule has 0 aliphatic carbocycles. The highest BCUT2D eigenvalue weighted by atomic mass is 16.4. The molecule has 1 rings (SSSR count). The summed E-state index contributed by atoms with van der Waals surface area (Å²) in [5.41, 5.74) is 0. The molecule has 0 saturated carbocycles. The number of carbonyl (C=O) groups excluding carboxylic acids is 1. The van der Waals surface area contributed by atoms with Crippen LogP contribution in [-0.2, 0) is 9.59 Å². The van der Waals surface area contributed by atoms with Gasteiger partial charge in [-0.05, 0) is 20.0 Å². The van der Waals surface area contributed by atoms with Crippen LogP contribution < -0.4 is 5.32 Å². The van der Waals surface area contributed by atoms with Crippen LogP contribution in [0.25, 0.3) is 0 Å². The van der Waals surface area contributed by atoms with Gasteiger partial charge in [-0.3, -0.25) is 4.79 Å². The van der Waals surface area contributed by atoms with Crippen LogP contribution in [-0.4, -0.2) is 48.1 Å². The summed E-state index contributed by atoms with van der Waals surface area (Å²) in [5.74, 6) is 0.826. The van der Waals surface area contributed by atoms with Crippen molar-refractivity contribution < 1.29 is 14.7 Å². The standard InChI is InChI=1S/C11H16N2O3/c1-3-4-9(11(15)16)12-10(14)8-5-6-13(2)7-8/h1,8-9H,4-7H2,2H3,(H,12,14)(H,15,16). The van der Waals surface area contributed by atoms with E-state index < -0.39 is 12.0 Å². The lowest BCUT2D eigenvalue weighted by atomic mass is 10.1. The number of rotatable bonds is 4. The summed E-state index contributed by atoms with van der Waals surface area (Å²) in [6, 6.07) is -0.969. The summed E-state index contributed by atoms with van der Waals surface area (Å²) in [6.07, 6.45) is 5.83. The van der Waals surface area contributed by atoms with Crippen molar-refractivity contribution in [2.75, 3.05) is 20.1 Å². The number of hydrogen-bond donors (Lipinski definition) is 2. The molecule has 0 aromatic rings. The van der Waals surface area contributed by atoms with Crippen LogP contribution in [0.3, 0.4) is 0 Å². The Morgan fingerprint density at radius 2 is 2.38 bits per heavy atom.